The molecule has 1 aliphatic rings. The van der Waals surface area contributed by atoms with Gasteiger partial charge in [0.15, 0.2) is 11.5 Å². The van der Waals surface area contributed by atoms with E-state index in [1.54, 1.807) is 10.9 Å². The second-order valence-corrected chi connectivity index (χ2v) is 9.89. The topological polar surface area (TPSA) is 149 Å². The first-order valence-corrected chi connectivity index (χ1v) is 12.3. The molecule has 0 radical (unpaired) electrons. The number of H-pyrrole nitrogens is 1. The summed E-state index contributed by atoms with van der Waals surface area (Å²) in [6.45, 7) is 6.75. The minimum absolute atomic E-state index is 0.113. The van der Waals surface area contributed by atoms with E-state index in [1.807, 2.05) is 52.2 Å². The minimum Gasteiger partial charge on any atom is -0.507 e. The summed E-state index contributed by atoms with van der Waals surface area (Å²) in [5.74, 6) is 0.663. The number of piperazine rings is 1. The maximum absolute atomic E-state index is 11.7. The molecule has 5 aromatic rings. The van der Waals surface area contributed by atoms with Crippen molar-refractivity contribution in [2.24, 2.45) is 7.05 Å². The number of aromatic amines is 1. The average molecular weight is 514 g/mol. The number of aromatic hydroxyl groups is 1. The Morgan fingerprint density at radius 1 is 1.11 bits per heavy atom. The molecule has 38 heavy (non-hydrogen) atoms. The summed E-state index contributed by atoms with van der Waals surface area (Å²) < 4.78 is 1.72. The monoisotopic (exact) mass is 513 g/mol. The molecule has 1 aromatic carbocycles. The zero-order valence-electron chi connectivity index (χ0n) is 21.4. The van der Waals surface area contributed by atoms with Crippen LogP contribution >= 0.6 is 0 Å². The third-order valence-corrected chi connectivity index (χ3v) is 7.22. The van der Waals surface area contributed by atoms with Gasteiger partial charge in [-0.2, -0.15) is 10.2 Å². The summed E-state index contributed by atoms with van der Waals surface area (Å²) in [4.78, 5) is 29.2. The standard InChI is InChI=1S/C26H27N9O3/c1-13-9-34(10-14(2)35(13)26(37)38)17-6-18-19(25-28-12-29-31-25)7-21(30-24(18)27-8-17)20-5-16-11-33(4)32-22(16)15(3)23(20)36/h5-8,11-14,36H,9-10H2,1-4H3,(H,37,38)(H,28,29,31)/t13-,14+. The van der Waals surface area contributed by atoms with Crippen molar-refractivity contribution in [3.8, 4) is 28.4 Å². The molecular weight excluding hydrogens is 486 g/mol. The van der Waals surface area contributed by atoms with Crippen LogP contribution in [0.3, 0.4) is 0 Å². The van der Waals surface area contributed by atoms with Gasteiger partial charge in [-0.15, -0.1) is 0 Å². The van der Waals surface area contributed by atoms with Crippen molar-refractivity contribution in [2.45, 2.75) is 32.9 Å². The number of nitrogens with zero attached hydrogens (tertiary/aromatic N) is 8. The number of nitrogens with one attached hydrogen (secondary N) is 1. The van der Waals surface area contributed by atoms with Gasteiger partial charge < -0.3 is 15.1 Å². The maximum Gasteiger partial charge on any atom is 0.407 e. The summed E-state index contributed by atoms with van der Waals surface area (Å²) in [5.41, 5.74) is 4.63. The molecule has 1 saturated heterocycles. The Bertz CT molecular complexity index is 1680. The number of amides is 1. The molecule has 0 bridgehead atoms. The fraction of sp³-hybridized carbons (Fsp3) is 0.308. The number of fused-ring (bicyclic) bond motifs is 2. The Balaban J connectivity index is 1.49. The first-order chi connectivity index (χ1) is 18.2. The van der Waals surface area contributed by atoms with E-state index in [4.69, 9.17) is 9.97 Å². The van der Waals surface area contributed by atoms with Gasteiger partial charge in [0.2, 0.25) is 0 Å². The second kappa shape index (κ2) is 8.68. The quantitative estimate of drug-likeness (QED) is 0.329. The molecule has 12 heteroatoms. The van der Waals surface area contributed by atoms with E-state index in [1.165, 1.54) is 11.2 Å². The van der Waals surface area contributed by atoms with Crippen LogP contribution in [0.15, 0.2) is 36.9 Å². The second-order valence-electron chi connectivity index (χ2n) is 9.89. The lowest BCUT2D eigenvalue weighted by Gasteiger charge is -2.43. The molecule has 0 unspecified atom stereocenters. The smallest absolute Gasteiger partial charge is 0.407 e. The highest BCUT2D eigenvalue weighted by Crippen LogP contribution is 2.39. The van der Waals surface area contributed by atoms with Crippen molar-refractivity contribution in [2.75, 3.05) is 18.0 Å². The predicted octanol–water partition coefficient (Wildman–Crippen LogP) is 3.56. The highest BCUT2D eigenvalue weighted by Gasteiger charge is 2.33. The molecule has 2 atom stereocenters. The van der Waals surface area contributed by atoms with Crippen LogP contribution in [0.1, 0.15) is 19.4 Å². The highest BCUT2D eigenvalue weighted by atomic mass is 16.4. The molecule has 5 heterocycles. The van der Waals surface area contributed by atoms with Gasteiger partial charge in [-0.3, -0.25) is 14.7 Å². The van der Waals surface area contributed by atoms with Crippen LogP contribution in [-0.4, -0.2) is 81.3 Å². The fourth-order valence-corrected chi connectivity index (χ4v) is 5.48. The van der Waals surface area contributed by atoms with E-state index >= 15 is 0 Å². The van der Waals surface area contributed by atoms with Gasteiger partial charge in [0, 0.05) is 53.8 Å². The van der Waals surface area contributed by atoms with Crippen LogP contribution in [0.5, 0.6) is 5.75 Å². The van der Waals surface area contributed by atoms with E-state index < -0.39 is 6.09 Å². The molecule has 3 N–H and O–H groups in total. The Morgan fingerprint density at radius 3 is 2.55 bits per heavy atom. The number of carboxylic acid groups (broad SMARTS) is 1. The molecule has 4 aromatic heterocycles. The molecule has 1 fully saturated rings. The number of carbonyl (C=O) groups is 1. The predicted molar refractivity (Wildman–Crippen MR) is 142 cm³/mol. The molecule has 12 nitrogen and oxygen atoms in total. The van der Waals surface area contributed by atoms with E-state index in [2.05, 4.69) is 25.2 Å². The summed E-state index contributed by atoms with van der Waals surface area (Å²) in [6.07, 6.45) is 4.19. The fourth-order valence-electron chi connectivity index (χ4n) is 5.48. The van der Waals surface area contributed by atoms with Gasteiger partial charge >= 0.3 is 6.09 Å². The largest absolute Gasteiger partial charge is 0.507 e. The van der Waals surface area contributed by atoms with E-state index in [9.17, 15) is 15.0 Å². The lowest BCUT2D eigenvalue weighted by molar-refractivity contribution is 0.0982. The SMILES string of the molecule is Cc1c(O)c(-c2cc(-c3ncn[nH]3)c3cc(N4C[C@@H](C)N(C(=O)O)[C@@H](C)C4)cnc3n2)cc2cn(C)nc12. The Labute approximate surface area is 217 Å². The number of aromatic nitrogens is 7. The third-order valence-electron chi connectivity index (χ3n) is 7.22. The van der Waals surface area contributed by atoms with E-state index in [0.29, 0.717) is 41.4 Å². The van der Waals surface area contributed by atoms with Crippen LogP contribution in [0.4, 0.5) is 10.5 Å². The molecule has 0 saturated carbocycles. The highest BCUT2D eigenvalue weighted by molar-refractivity contribution is 5.97. The first kappa shape index (κ1) is 23.6. The Morgan fingerprint density at radius 2 is 1.87 bits per heavy atom. The number of phenolic OH excluding ortho intramolecular Hbond substituents is 1. The van der Waals surface area contributed by atoms with E-state index in [-0.39, 0.29) is 17.8 Å². The van der Waals surface area contributed by atoms with Crippen LogP contribution in [0.25, 0.3) is 44.6 Å². The molecule has 6 rings (SSSR count). The van der Waals surface area contributed by atoms with Crippen LogP contribution in [-0.2, 0) is 7.05 Å². The molecule has 1 aliphatic heterocycles. The summed E-state index contributed by atoms with van der Waals surface area (Å²) in [6, 6.07) is 5.41. The average Bonchev–Trinajstić information content (AvgIpc) is 3.54. The van der Waals surface area contributed by atoms with Gasteiger partial charge in [0.25, 0.3) is 0 Å². The number of anilines is 1. The minimum atomic E-state index is -0.909. The maximum atomic E-state index is 11.7. The van der Waals surface area contributed by atoms with Gasteiger partial charge in [0.1, 0.15) is 12.1 Å². The summed E-state index contributed by atoms with van der Waals surface area (Å²) >= 11 is 0. The van der Waals surface area contributed by atoms with Crippen molar-refractivity contribution in [3.63, 3.8) is 0 Å². The molecular formula is C26H27N9O3. The normalized spacial score (nSPS) is 18.0. The van der Waals surface area contributed by atoms with Crippen molar-refractivity contribution in [1.29, 1.82) is 0 Å². The van der Waals surface area contributed by atoms with Crippen molar-refractivity contribution >= 4 is 33.7 Å². The van der Waals surface area contributed by atoms with E-state index in [0.717, 1.165) is 27.5 Å². The van der Waals surface area contributed by atoms with Crippen molar-refractivity contribution in [3.05, 3.63) is 42.5 Å². The van der Waals surface area contributed by atoms with Gasteiger partial charge in [-0.25, -0.2) is 19.7 Å². The Hall–Kier alpha value is -4.74. The molecule has 0 aliphatic carbocycles. The van der Waals surface area contributed by atoms with Crippen LogP contribution in [0.2, 0.25) is 0 Å². The first-order valence-electron chi connectivity index (χ1n) is 12.3. The number of rotatable bonds is 3. The lowest BCUT2D eigenvalue weighted by Crippen LogP contribution is -2.58. The van der Waals surface area contributed by atoms with Crippen LogP contribution in [0, 0.1) is 6.92 Å². The number of benzene rings is 1. The molecule has 0 spiro atoms. The van der Waals surface area contributed by atoms with Gasteiger partial charge in [-0.1, -0.05) is 0 Å². The van der Waals surface area contributed by atoms with Crippen LogP contribution < -0.4 is 4.90 Å². The number of aryl methyl sites for hydroxylation is 2. The Kier molecular flexibility index (Phi) is 5.40. The lowest BCUT2D eigenvalue weighted by atomic mass is 10.00. The number of phenols is 1. The molecule has 1 amide bonds. The van der Waals surface area contributed by atoms with Gasteiger partial charge in [0.05, 0.1) is 35.2 Å². The zero-order chi connectivity index (χ0) is 26.7. The number of hydrogen-bond donors (Lipinski definition) is 3. The zero-order valence-corrected chi connectivity index (χ0v) is 21.4. The summed E-state index contributed by atoms with van der Waals surface area (Å²) in [5, 5.41) is 33.7. The molecule has 194 valence electrons. The third kappa shape index (κ3) is 3.76. The number of pyridine rings is 2. The van der Waals surface area contributed by atoms with Crippen molar-refractivity contribution in [1.82, 2.24) is 39.8 Å². The number of hydrogen-bond acceptors (Lipinski definition) is 8. The van der Waals surface area contributed by atoms with Crippen molar-refractivity contribution < 1.29 is 15.0 Å². The summed E-state index contributed by atoms with van der Waals surface area (Å²) in [7, 11) is 1.84. The van der Waals surface area contributed by atoms with Gasteiger partial charge in [-0.05, 0) is 39.0 Å².